The van der Waals surface area contributed by atoms with Crippen LogP contribution in [0.15, 0.2) is 29.8 Å². The summed E-state index contributed by atoms with van der Waals surface area (Å²) in [6, 6.07) is 8.23. The lowest BCUT2D eigenvalue weighted by Gasteiger charge is -2.33. The van der Waals surface area contributed by atoms with E-state index in [2.05, 4.69) is 5.32 Å². The lowest BCUT2D eigenvalue weighted by atomic mass is 10.0. The second kappa shape index (κ2) is 5.67. The Bertz CT molecular complexity index is 539. The van der Waals surface area contributed by atoms with Gasteiger partial charge in [-0.3, -0.25) is 4.79 Å². The number of carbonyl (C=O) groups excluding carboxylic acids is 1. The molecule has 0 bridgehead atoms. The van der Waals surface area contributed by atoms with E-state index in [-0.39, 0.29) is 5.91 Å². The number of benzene rings is 1. The topological polar surface area (TPSA) is 41.6 Å². The quantitative estimate of drug-likeness (QED) is 0.890. The van der Waals surface area contributed by atoms with Crippen molar-refractivity contribution >= 4 is 12.0 Å². The van der Waals surface area contributed by atoms with E-state index in [9.17, 15) is 4.79 Å². The number of ether oxygens (including phenoxy) is 1. The van der Waals surface area contributed by atoms with Gasteiger partial charge in [0.15, 0.2) is 0 Å². The first-order chi connectivity index (χ1) is 9.78. The van der Waals surface area contributed by atoms with Crippen molar-refractivity contribution in [2.75, 3.05) is 26.7 Å². The van der Waals surface area contributed by atoms with Crippen molar-refractivity contribution in [2.45, 2.75) is 18.9 Å². The summed E-state index contributed by atoms with van der Waals surface area (Å²) >= 11 is 0. The van der Waals surface area contributed by atoms with E-state index >= 15 is 0 Å². The van der Waals surface area contributed by atoms with Gasteiger partial charge in [0.25, 0.3) is 5.91 Å². The van der Waals surface area contributed by atoms with Crippen molar-refractivity contribution in [1.82, 2.24) is 10.2 Å². The number of likely N-dealkylation sites (N-methyl/N-ethyl adjacent to an activating group) is 1. The summed E-state index contributed by atoms with van der Waals surface area (Å²) in [5.74, 6) is 0.968. The molecule has 0 aromatic heterocycles. The van der Waals surface area contributed by atoms with Gasteiger partial charge in [-0.2, -0.15) is 0 Å². The summed E-state index contributed by atoms with van der Waals surface area (Å²) in [5, 5.41) is 3.26. The number of likely N-dealkylation sites (tertiary alicyclic amines) is 1. The van der Waals surface area contributed by atoms with Crippen LogP contribution < -0.4 is 10.1 Å². The molecule has 1 N–H and O–H groups in total. The number of hydrogen-bond acceptors (Lipinski definition) is 3. The van der Waals surface area contributed by atoms with Crippen molar-refractivity contribution in [2.24, 2.45) is 0 Å². The lowest BCUT2D eigenvalue weighted by Crippen LogP contribution is -2.47. The van der Waals surface area contributed by atoms with Crippen molar-refractivity contribution in [3.63, 3.8) is 0 Å². The standard InChI is InChI=1S/C16H20N2O2/c1-17-14-6-4-8-18(10-14)16(19)13-9-12-5-2-3-7-15(12)20-11-13/h2-3,5,7,9,14,17H,4,6,8,10-11H2,1H3. The number of fused-ring (bicyclic) bond motifs is 1. The highest BCUT2D eigenvalue weighted by Gasteiger charge is 2.26. The molecule has 106 valence electrons. The van der Waals surface area contributed by atoms with Gasteiger partial charge < -0.3 is 15.0 Å². The summed E-state index contributed by atoms with van der Waals surface area (Å²) < 4.78 is 5.67. The summed E-state index contributed by atoms with van der Waals surface area (Å²) in [4.78, 5) is 14.5. The number of carbonyl (C=O) groups is 1. The van der Waals surface area contributed by atoms with Crippen LogP contribution in [0.25, 0.3) is 6.08 Å². The molecule has 1 saturated heterocycles. The Balaban J connectivity index is 1.76. The number of nitrogens with zero attached hydrogens (tertiary/aromatic N) is 1. The number of amides is 1. The Morgan fingerprint density at radius 3 is 3.10 bits per heavy atom. The molecule has 1 aromatic carbocycles. The molecule has 20 heavy (non-hydrogen) atoms. The molecule has 2 heterocycles. The first-order valence-corrected chi connectivity index (χ1v) is 7.17. The minimum absolute atomic E-state index is 0.111. The largest absolute Gasteiger partial charge is 0.488 e. The van der Waals surface area contributed by atoms with Crippen LogP contribution in [-0.4, -0.2) is 43.6 Å². The van der Waals surface area contributed by atoms with Crippen LogP contribution in [0.3, 0.4) is 0 Å². The maximum atomic E-state index is 12.6. The van der Waals surface area contributed by atoms with Gasteiger partial charge in [-0.05, 0) is 32.0 Å². The van der Waals surface area contributed by atoms with Crippen molar-refractivity contribution < 1.29 is 9.53 Å². The molecule has 1 aromatic rings. The highest BCUT2D eigenvalue weighted by atomic mass is 16.5. The van der Waals surface area contributed by atoms with Gasteiger partial charge in [-0.15, -0.1) is 0 Å². The minimum Gasteiger partial charge on any atom is -0.488 e. The third kappa shape index (κ3) is 2.56. The fraction of sp³-hybridized carbons (Fsp3) is 0.438. The van der Waals surface area contributed by atoms with Gasteiger partial charge in [-0.1, -0.05) is 18.2 Å². The second-order valence-corrected chi connectivity index (χ2v) is 5.38. The summed E-state index contributed by atoms with van der Waals surface area (Å²) in [6.07, 6.45) is 4.16. The van der Waals surface area contributed by atoms with Gasteiger partial charge in [0, 0.05) is 24.7 Å². The summed E-state index contributed by atoms with van der Waals surface area (Å²) in [6.45, 7) is 2.00. The number of nitrogens with one attached hydrogen (secondary N) is 1. The Labute approximate surface area is 119 Å². The second-order valence-electron chi connectivity index (χ2n) is 5.38. The van der Waals surface area contributed by atoms with Crippen LogP contribution in [0.2, 0.25) is 0 Å². The van der Waals surface area contributed by atoms with Crippen LogP contribution in [0.5, 0.6) is 5.75 Å². The maximum Gasteiger partial charge on any atom is 0.253 e. The van der Waals surface area contributed by atoms with Crippen LogP contribution in [0, 0.1) is 0 Å². The Hall–Kier alpha value is -1.81. The van der Waals surface area contributed by atoms with E-state index in [0.29, 0.717) is 12.6 Å². The normalized spacial score (nSPS) is 21.8. The third-order valence-corrected chi connectivity index (χ3v) is 4.02. The molecule has 0 spiro atoms. The van der Waals surface area contributed by atoms with Gasteiger partial charge in [0.1, 0.15) is 12.4 Å². The smallest absolute Gasteiger partial charge is 0.253 e. The zero-order chi connectivity index (χ0) is 13.9. The zero-order valence-electron chi connectivity index (χ0n) is 11.8. The van der Waals surface area contributed by atoms with Crippen molar-refractivity contribution in [1.29, 1.82) is 0 Å². The number of rotatable bonds is 2. The van der Waals surface area contributed by atoms with Crippen LogP contribution in [-0.2, 0) is 4.79 Å². The molecule has 2 aliphatic heterocycles. The fourth-order valence-corrected chi connectivity index (χ4v) is 2.84. The summed E-state index contributed by atoms with van der Waals surface area (Å²) in [7, 11) is 1.96. The fourth-order valence-electron chi connectivity index (χ4n) is 2.84. The van der Waals surface area contributed by atoms with Gasteiger partial charge >= 0.3 is 0 Å². The molecule has 1 amide bonds. The number of para-hydroxylation sites is 1. The predicted octanol–water partition coefficient (Wildman–Crippen LogP) is 1.67. The van der Waals surface area contributed by atoms with Crippen molar-refractivity contribution in [3.8, 4) is 5.75 Å². The SMILES string of the molecule is CNC1CCCN(C(=O)C2=Cc3ccccc3OC2)C1. The van der Waals surface area contributed by atoms with Crippen LogP contribution in [0.4, 0.5) is 0 Å². The first-order valence-electron chi connectivity index (χ1n) is 7.17. The van der Waals surface area contributed by atoms with Crippen LogP contribution in [0.1, 0.15) is 18.4 Å². The Morgan fingerprint density at radius 1 is 1.40 bits per heavy atom. The molecule has 4 nitrogen and oxygen atoms in total. The molecular weight excluding hydrogens is 252 g/mol. The average molecular weight is 272 g/mol. The van der Waals surface area contributed by atoms with Crippen molar-refractivity contribution in [3.05, 3.63) is 35.4 Å². The molecule has 1 fully saturated rings. The monoisotopic (exact) mass is 272 g/mol. The van der Waals surface area contributed by atoms with Crippen LogP contribution >= 0.6 is 0 Å². The third-order valence-electron chi connectivity index (χ3n) is 4.02. The molecule has 2 aliphatic rings. The summed E-state index contributed by atoms with van der Waals surface area (Å²) in [5.41, 5.74) is 1.74. The van der Waals surface area contributed by atoms with E-state index in [1.807, 2.05) is 42.3 Å². The van der Waals surface area contributed by atoms with E-state index in [0.717, 1.165) is 42.8 Å². The lowest BCUT2D eigenvalue weighted by molar-refractivity contribution is -0.128. The van der Waals surface area contributed by atoms with Gasteiger partial charge in [-0.25, -0.2) is 0 Å². The molecule has 1 atom stereocenters. The molecular formula is C16H20N2O2. The Kier molecular flexibility index (Phi) is 3.74. The van der Waals surface area contributed by atoms with E-state index in [1.165, 1.54) is 0 Å². The van der Waals surface area contributed by atoms with E-state index < -0.39 is 0 Å². The molecule has 4 heteroatoms. The molecule has 3 rings (SSSR count). The first kappa shape index (κ1) is 13.2. The predicted molar refractivity (Wildman–Crippen MR) is 78.6 cm³/mol. The minimum atomic E-state index is 0.111. The average Bonchev–Trinajstić information content (AvgIpc) is 2.53. The molecule has 1 unspecified atom stereocenters. The van der Waals surface area contributed by atoms with Gasteiger partial charge in [0.2, 0.25) is 0 Å². The highest BCUT2D eigenvalue weighted by Crippen LogP contribution is 2.27. The molecule has 0 aliphatic carbocycles. The zero-order valence-corrected chi connectivity index (χ0v) is 11.8. The number of piperidine rings is 1. The maximum absolute atomic E-state index is 12.6. The number of hydrogen-bond donors (Lipinski definition) is 1. The van der Waals surface area contributed by atoms with E-state index in [1.54, 1.807) is 0 Å². The Morgan fingerprint density at radius 2 is 2.25 bits per heavy atom. The molecule has 0 saturated carbocycles. The molecule has 0 radical (unpaired) electrons. The van der Waals surface area contributed by atoms with E-state index in [4.69, 9.17) is 4.74 Å². The van der Waals surface area contributed by atoms with Gasteiger partial charge in [0.05, 0.1) is 5.57 Å². The highest BCUT2D eigenvalue weighted by molar-refractivity contribution is 5.99.